The van der Waals surface area contributed by atoms with Crippen LogP contribution in [-0.2, 0) is 6.42 Å². The Morgan fingerprint density at radius 3 is 2.31 bits per heavy atom. The number of benzene rings is 1. The van der Waals surface area contributed by atoms with Gasteiger partial charge in [-0.3, -0.25) is 40.3 Å². The molecule has 4 rings (SSSR count). The lowest BCUT2D eigenvalue weighted by Gasteiger charge is -2.13. The predicted octanol–water partition coefficient (Wildman–Crippen LogP) is 2.44. The largest absolute Gasteiger partial charge is 0.455 e. The summed E-state index contributed by atoms with van der Waals surface area (Å²) in [4.78, 5) is 51.3. The van der Waals surface area contributed by atoms with Crippen molar-refractivity contribution in [3.05, 3.63) is 92.7 Å². The summed E-state index contributed by atoms with van der Waals surface area (Å²) in [7, 11) is 0. The SMILES string of the molecule is Cc1c(C(=O)NNC(=O)c2ccncc2)oc2c1/C(=N/NC(=O)c1ccc([N+](=O)[O-])cc1)CCC2. The summed E-state index contributed by atoms with van der Waals surface area (Å²) in [6, 6.07) is 8.16. The van der Waals surface area contributed by atoms with E-state index < -0.39 is 22.6 Å². The van der Waals surface area contributed by atoms with Crippen molar-refractivity contribution in [2.45, 2.75) is 26.2 Å². The van der Waals surface area contributed by atoms with Gasteiger partial charge < -0.3 is 4.42 Å². The lowest BCUT2D eigenvalue weighted by atomic mass is 9.93. The molecule has 1 aliphatic carbocycles. The number of carbonyl (C=O) groups excluding carboxylic acids is 3. The van der Waals surface area contributed by atoms with Gasteiger partial charge >= 0.3 is 5.91 Å². The van der Waals surface area contributed by atoms with Gasteiger partial charge in [-0.15, -0.1) is 0 Å². The van der Waals surface area contributed by atoms with E-state index in [-0.39, 0.29) is 17.0 Å². The Balaban J connectivity index is 1.47. The highest BCUT2D eigenvalue weighted by Gasteiger charge is 2.28. The summed E-state index contributed by atoms with van der Waals surface area (Å²) in [6.07, 6.45) is 4.76. The zero-order valence-corrected chi connectivity index (χ0v) is 18.5. The number of hydrogen-bond acceptors (Lipinski definition) is 8. The number of nitro groups is 1. The molecule has 35 heavy (non-hydrogen) atoms. The predicted molar refractivity (Wildman–Crippen MR) is 123 cm³/mol. The summed E-state index contributed by atoms with van der Waals surface area (Å²) in [5.41, 5.74) is 9.24. The molecule has 0 radical (unpaired) electrons. The van der Waals surface area contributed by atoms with Crippen LogP contribution in [0.1, 0.15) is 61.0 Å². The zero-order chi connectivity index (χ0) is 24.9. The fourth-order valence-corrected chi connectivity index (χ4v) is 3.66. The topological polar surface area (TPSA) is 169 Å². The molecule has 0 saturated carbocycles. The molecule has 0 atom stereocenters. The fourth-order valence-electron chi connectivity index (χ4n) is 3.66. The second-order valence-corrected chi connectivity index (χ2v) is 7.66. The number of non-ortho nitro benzene ring substituents is 1. The van der Waals surface area contributed by atoms with E-state index in [1.165, 1.54) is 48.8 Å². The third kappa shape index (κ3) is 5.05. The third-order valence-electron chi connectivity index (χ3n) is 5.40. The van der Waals surface area contributed by atoms with Gasteiger partial charge in [0.05, 0.1) is 10.6 Å². The van der Waals surface area contributed by atoms with Gasteiger partial charge in [0.1, 0.15) is 5.76 Å². The number of hydrazone groups is 1. The molecule has 1 aliphatic rings. The van der Waals surface area contributed by atoms with Crippen LogP contribution in [0.2, 0.25) is 0 Å². The Hall–Kier alpha value is -4.87. The van der Waals surface area contributed by atoms with Crippen LogP contribution in [0.25, 0.3) is 0 Å². The number of nitrogens with zero attached hydrogens (tertiary/aromatic N) is 3. The number of fused-ring (bicyclic) bond motifs is 1. The summed E-state index contributed by atoms with van der Waals surface area (Å²) < 4.78 is 5.76. The van der Waals surface area contributed by atoms with Gasteiger partial charge in [-0.2, -0.15) is 5.10 Å². The lowest BCUT2D eigenvalue weighted by molar-refractivity contribution is -0.384. The van der Waals surface area contributed by atoms with E-state index in [1.807, 2.05) is 0 Å². The molecular weight excluding hydrogens is 456 g/mol. The fraction of sp³-hybridized carbons (Fsp3) is 0.174. The average molecular weight is 476 g/mol. The van der Waals surface area contributed by atoms with Crippen LogP contribution in [0.5, 0.6) is 0 Å². The highest BCUT2D eigenvalue weighted by atomic mass is 16.6. The van der Waals surface area contributed by atoms with Crippen molar-refractivity contribution < 1.29 is 23.7 Å². The molecule has 0 unspecified atom stereocenters. The van der Waals surface area contributed by atoms with Gasteiger partial charge in [0.2, 0.25) is 0 Å². The molecular formula is C23H20N6O6. The Morgan fingerprint density at radius 1 is 0.971 bits per heavy atom. The number of rotatable bonds is 5. The number of nitrogens with one attached hydrogen (secondary N) is 3. The maximum atomic E-state index is 12.7. The van der Waals surface area contributed by atoms with Gasteiger partial charge in [-0.1, -0.05) is 0 Å². The molecule has 3 N–H and O–H groups in total. The van der Waals surface area contributed by atoms with Crippen LogP contribution in [0.4, 0.5) is 5.69 Å². The van der Waals surface area contributed by atoms with E-state index in [9.17, 15) is 24.5 Å². The second kappa shape index (κ2) is 9.95. The minimum Gasteiger partial charge on any atom is -0.455 e. The molecule has 0 bridgehead atoms. The zero-order valence-electron chi connectivity index (χ0n) is 18.5. The van der Waals surface area contributed by atoms with Crippen LogP contribution in [0.3, 0.4) is 0 Å². The van der Waals surface area contributed by atoms with Crippen molar-refractivity contribution in [3.8, 4) is 0 Å². The highest BCUT2D eigenvalue weighted by Crippen LogP contribution is 2.29. The summed E-state index contributed by atoms with van der Waals surface area (Å²) >= 11 is 0. The van der Waals surface area contributed by atoms with Crippen LogP contribution in [-0.4, -0.2) is 33.3 Å². The van der Waals surface area contributed by atoms with E-state index in [0.29, 0.717) is 47.4 Å². The first-order chi connectivity index (χ1) is 16.8. The minimum absolute atomic E-state index is 0.0290. The van der Waals surface area contributed by atoms with Crippen LogP contribution in [0.15, 0.2) is 58.3 Å². The average Bonchev–Trinajstić information content (AvgIpc) is 3.23. The molecule has 12 nitrogen and oxygen atoms in total. The highest BCUT2D eigenvalue weighted by molar-refractivity contribution is 6.07. The summed E-state index contributed by atoms with van der Waals surface area (Å²) in [5, 5.41) is 15.0. The maximum Gasteiger partial charge on any atom is 0.305 e. The summed E-state index contributed by atoms with van der Waals surface area (Å²) in [5.74, 6) is -1.08. The number of aryl methyl sites for hydroxylation is 1. The molecule has 0 fully saturated rings. The quantitative estimate of drug-likeness (QED) is 0.375. The van der Waals surface area contributed by atoms with Crippen LogP contribution in [0, 0.1) is 17.0 Å². The number of aromatic nitrogens is 1. The number of carbonyl (C=O) groups is 3. The number of hydrogen-bond donors (Lipinski definition) is 3. The first-order valence-corrected chi connectivity index (χ1v) is 10.6. The molecule has 0 spiro atoms. The number of furan rings is 1. The first-order valence-electron chi connectivity index (χ1n) is 10.6. The number of amides is 3. The molecule has 1 aromatic carbocycles. The molecule has 2 heterocycles. The Morgan fingerprint density at radius 2 is 1.63 bits per heavy atom. The monoisotopic (exact) mass is 476 g/mol. The Kier molecular flexibility index (Phi) is 6.62. The van der Waals surface area contributed by atoms with E-state index in [2.05, 4.69) is 26.4 Å². The van der Waals surface area contributed by atoms with E-state index in [0.717, 1.165) is 0 Å². The van der Waals surface area contributed by atoms with Gasteiger partial charge in [0.15, 0.2) is 5.76 Å². The second-order valence-electron chi connectivity index (χ2n) is 7.66. The van der Waals surface area contributed by atoms with Gasteiger partial charge in [0.25, 0.3) is 17.5 Å². The maximum absolute atomic E-state index is 12.7. The minimum atomic E-state index is -0.631. The van der Waals surface area contributed by atoms with Crippen LogP contribution >= 0.6 is 0 Å². The van der Waals surface area contributed by atoms with E-state index in [4.69, 9.17) is 4.42 Å². The third-order valence-corrected chi connectivity index (χ3v) is 5.40. The van der Waals surface area contributed by atoms with Crippen molar-refractivity contribution in [2.24, 2.45) is 5.10 Å². The molecule has 3 aromatic rings. The van der Waals surface area contributed by atoms with Crippen molar-refractivity contribution in [1.29, 1.82) is 0 Å². The van der Waals surface area contributed by atoms with Gasteiger partial charge in [0, 0.05) is 53.2 Å². The number of nitro benzene ring substituents is 1. The van der Waals surface area contributed by atoms with Crippen molar-refractivity contribution >= 4 is 29.1 Å². The molecule has 12 heteroatoms. The van der Waals surface area contributed by atoms with Crippen molar-refractivity contribution in [3.63, 3.8) is 0 Å². The smallest absolute Gasteiger partial charge is 0.305 e. The Labute approximate surface area is 198 Å². The number of hydrazine groups is 1. The van der Waals surface area contributed by atoms with Gasteiger partial charge in [-0.05, 0) is 44.0 Å². The van der Waals surface area contributed by atoms with Crippen molar-refractivity contribution in [2.75, 3.05) is 0 Å². The van der Waals surface area contributed by atoms with Crippen molar-refractivity contribution in [1.82, 2.24) is 21.3 Å². The van der Waals surface area contributed by atoms with Crippen LogP contribution < -0.4 is 16.3 Å². The Bertz CT molecular complexity index is 1330. The van der Waals surface area contributed by atoms with E-state index in [1.54, 1.807) is 6.92 Å². The molecule has 0 saturated heterocycles. The summed E-state index contributed by atoms with van der Waals surface area (Å²) in [6.45, 7) is 1.70. The molecule has 2 aromatic heterocycles. The number of pyridine rings is 1. The first kappa shape index (κ1) is 23.3. The standard InChI is InChI=1S/C23H20N6O6/c1-13-19-17(25-26-21(30)14-5-7-16(8-6-14)29(33)34)3-2-4-18(19)35-20(13)23(32)28-27-22(31)15-9-11-24-12-10-15/h5-12H,2-4H2,1H3,(H,26,30)(H,27,31)(H,28,32)/b25-17+. The molecule has 178 valence electrons. The normalized spacial score (nSPS) is 13.6. The van der Waals surface area contributed by atoms with E-state index >= 15 is 0 Å². The molecule has 0 aliphatic heterocycles. The molecule has 3 amide bonds. The van der Waals surface area contributed by atoms with Gasteiger partial charge in [-0.25, -0.2) is 5.43 Å². The lowest BCUT2D eigenvalue weighted by Crippen LogP contribution is -2.41.